The fourth-order valence-electron chi connectivity index (χ4n) is 2.95. The Hall–Kier alpha value is -1.07. The van der Waals surface area contributed by atoms with E-state index in [0.29, 0.717) is 17.0 Å². The van der Waals surface area contributed by atoms with Crippen molar-refractivity contribution in [2.45, 2.75) is 62.4 Å². The minimum Gasteiger partial charge on any atom is -0.380 e. The molecule has 21 heavy (non-hydrogen) atoms. The van der Waals surface area contributed by atoms with Crippen molar-refractivity contribution in [1.29, 1.82) is 0 Å². The number of rotatable bonds is 5. The van der Waals surface area contributed by atoms with Crippen LogP contribution < -0.4 is 11.1 Å². The summed E-state index contributed by atoms with van der Waals surface area (Å²) in [6.07, 6.45) is 6.15. The van der Waals surface area contributed by atoms with Crippen molar-refractivity contribution >= 4 is 15.5 Å². The molecule has 0 heterocycles. The van der Waals surface area contributed by atoms with Gasteiger partial charge in [-0.05, 0) is 31.4 Å². The molecule has 1 fully saturated rings. The smallest absolute Gasteiger partial charge is 0.180 e. The van der Waals surface area contributed by atoms with Crippen molar-refractivity contribution < 1.29 is 8.42 Å². The first-order chi connectivity index (χ1) is 10.0. The molecule has 0 spiro atoms. The van der Waals surface area contributed by atoms with Crippen LogP contribution >= 0.6 is 0 Å². The van der Waals surface area contributed by atoms with Gasteiger partial charge in [0.25, 0.3) is 0 Å². The summed E-state index contributed by atoms with van der Waals surface area (Å²) in [5, 5.41) is 3.40. The summed E-state index contributed by atoms with van der Waals surface area (Å²) < 4.78 is 24.7. The quantitative estimate of drug-likeness (QED) is 0.820. The van der Waals surface area contributed by atoms with Gasteiger partial charge in [-0.3, -0.25) is 0 Å². The summed E-state index contributed by atoms with van der Waals surface area (Å²) in [4.78, 5) is 0.406. The molecule has 1 aromatic rings. The van der Waals surface area contributed by atoms with E-state index in [1.165, 1.54) is 6.42 Å². The van der Waals surface area contributed by atoms with E-state index in [1.807, 2.05) is 19.1 Å². The van der Waals surface area contributed by atoms with Crippen LogP contribution in [0.4, 0.5) is 5.69 Å². The lowest BCUT2D eigenvalue weighted by Gasteiger charge is -2.25. The molecule has 1 aliphatic carbocycles. The highest BCUT2D eigenvalue weighted by Gasteiger charge is 2.23. The number of para-hydroxylation sites is 1. The Morgan fingerprint density at radius 1 is 1.19 bits per heavy atom. The Morgan fingerprint density at radius 3 is 2.67 bits per heavy atom. The molecule has 4 nitrogen and oxygen atoms in total. The van der Waals surface area contributed by atoms with Gasteiger partial charge in [-0.1, -0.05) is 38.3 Å². The molecular formula is C16H26N2O2S. The van der Waals surface area contributed by atoms with Crippen LogP contribution in [0.25, 0.3) is 0 Å². The van der Waals surface area contributed by atoms with Crippen LogP contribution in [0, 0.1) is 0 Å². The standard InChI is InChI=1S/C16H26N2O2S/c1-2-12-21(19,20)16-11-7-6-10-15(16)18-14-9-5-3-4-8-13(14)17/h6-7,10-11,13-14,18H,2-5,8-9,12,17H2,1H3. The minimum atomic E-state index is -3.22. The van der Waals surface area contributed by atoms with Gasteiger partial charge in [-0.25, -0.2) is 8.42 Å². The second-order valence-corrected chi connectivity index (χ2v) is 7.95. The number of nitrogens with one attached hydrogen (secondary N) is 1. The Bertz CT molecular complexity index is 557. The van der Waals surface area contributed by atoms with E-state index in [9.17, 15) is 8.42 Å². The SMILES string of the molecule is CCCS(=O)(=O)c1ccccc1NC1CCCCCC1N. The molecule has 118 valence electrons. The van der Waals surface area contributed by atoms with E-state index in [4.69, 9.17) is 5.73 Å². The number of benzene rings is 1. The summed E-state index contributed by atoms with van der Waals surface area (Å²) in [6.45, 7) is 1.88. The maximum Gasteiger partial charge on any atom is 0.180 e. The first kappa shape index (κ1) is 16.3. The van der Waals surface area contributed by atoms with Crippen molar-refractivity contribution in [2.24, 2.45) is 5.73 Å². The molecule has 0 aliphatic heterocycles. The lowest BCUT2D eigenvalue weighted by molar-refractivity contribution is 0.527. The number of hydrogen-bond acceptors (Lipinski definition) is 4. The third-order valence-corrected chi connectivity index (χ3v) is 6.08. The van der Waals surface area contributed by atoms with Gasteiger partial charge in [0.2, 0.25) is 0 Å². The number of anilines is 1. The molecule has 0 aromatic heterocycles. The molecule has 0 bridgehead atoms. The van der Waals surface area contributed by atoms with Crippen LogP contribution in [-0.4, -0.2) is 26.3 Å². The normalized spacial score (nSPS) is 23.5. The van der Waals surface area contributed by atoms with Gasteiger partial charge in [0, 0.05) is 12.1 Å². The fraction of sp³-hybridized carbons (Fsp3) is 0.625. The second-order valence-electron chi connectivity index (χ2n) is 5.87. The lowest BCUT2D eigenvalue weighted by Crippen LogP contribution is -2.39. The highest BCUT2D eigenvalue weighted by Crippen LogP contribution is 2.26. The van der Waals surface area contributed by atoms with Gasteiger partial charge in [-0.15, -0.1) is 0 Å². The van der Waals surface area contributed by atoms with Crippen LogP contribution in [0.2, 0.25) is 0 Å². The zero-order valence-electron chi connectivity index (χ0n) is 12.7. The maximum absolute atomic E-state index is 12.4. The predicted octanol–water partition coefficient (Wildman–Crippen LogP) is 2.94. The summed E-state index contributed by atoms with van der Waals surface area (Å²) in [5.74, 6) is 0.183. The van der Waals surface area contributed by atoms with E-state index in [0.717, 1.165) is 25.7 Å². The van der Waals surface area contributed by atoms with Crippen molar-refractivity contribution in [3.05, 3.63) is 24.3 Å². The molecular weight excluding hydrogens is 284 g/mol. The zero-order valence-corrected chi connectivity index (χ0v) is 13.5. The van der Waals surface area contributed by atoms with Crippen LogP contribution in [0.5, 0.6) is 0 Å². The predicted molar refractivity (Wildman–Crippen MR) is 87.3 cm³/mol. The van der Waals surface area contributed by atoms with Gasteiger partial charge in [0.1, 0.15) is 0 Å². The van der Waals surface area contributed by atoms with Gasteiger partial charge in [0.15, 0.2) is 9.84 Å². The van der Waals surface area contributed by atoms with Gasteiger partial charge in [-0.2, -0.15) is 0 Å². The van der Waals surface area contributed by atoms with Crippen LogP contribution in [0.3, 0.4) is 0 Å². The first-order valence-electron chi connectivity index (χ1n) is 7.88. The van der Waals surface area contributed by atoms with Crippen molar-refractivity contribution in [2.75, 3.05) is 11.1 Å². The molecule has 2 atom stereocenters. The summed E-state index contributed by atoms with van der Waals surface area (Å²) in [6, 6.07) is 7.44. The van der Waals surface area contributed by atoms with E-state index >= 15 is 0 Å². The van der Waals surface area contributed by atoms with Crippen LogP contribution in [-0.2, 0) is 9.84 Å². The molecule has 0 radical (unpaired) electrons. The molecule has 3 N–H and O–H groups in total. The Kier molecular flexibility index (Phi) is 5.65. The second kappa shape index (κ2) is 7.27. The monoisotopic (exact) mass is 310 g/mol. The molecule has 0 amide bonds. The number of hydrogen-bond donors (Lipinski definition) is 2. The minimum absolute atomic E-state index is 0.0921. The van der Waals surface area contributed by atoms with Crippen molar-refractivity contribution in [3.63, 3.8) is 0 Å². The highest BCUT2D eigenvalue weighted by molar-refractivity contribution is 7.91. The largest absolute Gasteiger partial charge is 0.380 e. The topological polar surface area (TPSA) is 72.2 Å². The summed E-state index contributed by atoms with van der Waals surface area (Å²) in [5.41, 5.74) is 6.93. The average Bonchev–Trinajstić information content (AvgIpc) is 2.65. The molecule has 5 heteroatoms. The summed E-state index contributed by atoms with van der Waals surface area (Å²) >= 11 is 0. The molecule has 1 aromatic carbocycles. The van der Waals surface area contributed by atoms with Crippen LogP contribution in [0.1, 0.15) is 45.4 Å². The molecule has 1 aliphatic rings. The maximum atomic E-state index is 12.4. The highest BCUT2D eigenvalue weighted by atomic mass is 32.2. The van der Waals surface area contributed by atoms with E-state index in [1.54, 1.807) is 12.1 Å². The van der Waals surface area contributed by atoms with E-state index in [2.05, 4.69) is 5.32 Å². The fourth-order valence-corrected chi connectivity index (χ4v) is 4.46. The third kappa shape index (κ3) is 4.20. The van der Waals surface area contributed by atoms with E-state index < -0.39 is 9.84 Å². The average molecular weight is 310 g/mol. The Morgan fingerprint density at radius 2 is 1.90 bits per heavy atom. The lowest BCUT2D eigenvalue weighted by atomic mass is 10.0. The first-order valence-corrected chi connectivity index (χ1v) is 9.53. The zero-order chi connectivity index (χ0) is 15.3. The molecule has 2 rings (SSSR count). The number of sulfone groups is 1. The Balaban J connectivity index is 2.24. The third-order valence-electron chi connectivity index (χ3n) is 4.11. The van der Waals surface area contributed by atoms with Gasteiger partial charge < -0.3 is 11.1 Å². The Labute approximate surface area is 128 Å². The number of nitrogens with two attached hydrogens (primary N) is 1. The van der Waals surface area contributed by atoms with Crippen LogP contribution in [0.15, 0.2) is 29.2 Å². The molecule has 0 saturated heterocycles. The molecule has 2 unspecified atom stereocenters. The van der Waals surface area contributed by atoms with Crippen molar-refractivity contribution in [1.82, 2.24) is 0 Å². The summed E-state index contributed by atoms with van der Waals surface area (Å²) in [7, 11) is -3.22. The van der Waals surface area contributed by atoms with E-state index in [-0.39, 0.29) is 17.8 Å². The van der Waals surface area contributed by atoms with Gasteiger partial charge >= 0.3 is 0 Å². The van der Waals surface area contributed by atoms with Gasteiger partial charge in [0.05, 0.1) is 16.3 Å². The van der Waals surface area contributed by atoms with Crippen molar-refractivity contribution in [3.8, 4) is 0 Å². The molecule has 1 saturated carbocycles.